The summed E-state index contributed by atoms with van der Waals surface area (Å²) < 4.78 is 6.00. The molecule has 0 aromatic heterocycles. The highest BCUT2D eigenvalue weighted by Crippen LogP contribution is 2.16. The minimum Gasteiger partial charge on any atom is -0.372 e. The Kier molecular flexibility index (Phi) is 3.19. The van der Waals surface area contributed by atoms with Crippen LogP contribution in [0.5, 0.6) is 0 Å². The van der Waals surface area contributed by atoms with Crippen molar-refractivity contribution in [2.75, 3.05) is 32.7 Å². The Balaban J connectivity index is 1.70. The largest absolute Gasteiger partial charge is 0.372 e. The zero-order chi connectivity index (χ0) is 9.10. The fourth-order valence-electron chi connectivity index (χ4n) is 2.21. The standard InChI is InChI=1S/C10H20N2O/c1-2-12-6-4-10(8-12)13-9-3-5-11-7-9/h9-11H,2-8H2,1H3. The quantitative estimate of drug-likeness (QED) is 0.689. The van der Waals surface area contributed by atoms with Gasteiger partial charge in [-0.25, -0.2) is 0 Å². The molecule has 0 amide bonds. The van der Waals surface area contributed by atoms with Gasteiger partial charge in [-0.05, 0) is 25.9 Å². The summed E-state index contributed by atoms with van der Waals surface area (Å²) in [6.45, 7) is 7.95. The molecular weight excluding hydrogens is 164 g/mol. The molecule has 1 N–H and O–H groups in total. The van der Waals surface area contributed by atoms with Crippen molar-refractivity contribution in [3.8, 4) is 0 Å². The van der Waals surface area contributed by atoms with Gasteiger partial charge in [0.1, 0.15) is 0 Å². The average Bonchev–Trinajstić information content (AvgIpc) is 2.76. The van der Waals surface area contributed by atoms with Gasteiger partial charge in [-0.2, -0.15) is 0 Å². The highest BCUT2D eigenvalue weighted by Gasteiger charge is 2.25. The molecule has 76 valence electrons. The van der Waals surface area contributed by atoms with E-state index >= 15 is 0 Å². The summed E-state index contributed by atoms with van der Waals surface area (Å²) in [6, 6.07) is 0. The molecule has 2 saturated heterocycles. The Labute approximate surface area is 80.4 Å². The van der Waals surface area contributed by atoms with E-state index in [0.717, 1.165) is 19.6 Å². The van der Waals surface area contributed by atoms with Crippen LogP contribution in [0.2, 0.25) is 0 Å². The maximum Gasteiger partial charge on any atom is 0.0718 e. The number of likely N-dealkylation sites (tertiary alicyclic amines) is 1. The van der Waals surface area contributed by atoms with Crippen molar-refractivity contribution in [2.45, 2.75) is 32.0 Å². The molecule has 2 fully saturated rings. The first-order valence-electron chi connectivity index (χ1n) is 5.47. The first-order valence-corrected chi connectivity index (χ1v) is 5.47. The number of ether oxygens (including phenoxy) is 1. The van der Waals surface area contributed by atoms with Gasteiger partial charge < -0.3 is 15.0 Å². The second-order valence-corrected chi connectivity index (χ2v) is 4.05. The van der Waals surface area contributed by atoms with Gasteiger partial charge in [-0.3, -0.25) is 0 Å². The zero-order valence-corrected chi connectivity index (χ0v) is 8.46. The van der Waals surface area contributed by atoms with Gasteiger partial charge in [-0.15, -0.1) is 0 Å². The summed E-state index contributed by atoms with van der Waals surface area (Å²) >= 11 is 0. The summed E-state index contributed by atoms with van der Waals surface area (Å²) in [5, 5.41) is 3.33. The van der Waals surface area contributed by atoms with Gasteiger partial charge >= 0.3 is 0 Å². The van der Waals surface area contributed by atoms with E-state index in [0.29, 0.717) is 12.2 Å². The molecule has 0 spiro atoms. The van der Waals surface area contributed by atoms with Crippen LogP contribution in [-0.2, 0) is 4.74 Å². The summed E-state index contributed by atoms with van der Waals surface area (Å²) in [6.07, 6.45) is 3.42. The molecule has 2 unspecified atom stereocenters. The molecule has 0 aromatic carbocycles. The predicted molar refractivity (Wildman–Crippen MR) is 52.9 cm³/mol. The van der Waals surface area contributed by atoms with Crippen LogP contribution in [0.4, 0.5) is 0 Å². The van der Waals surface area contributed by atoms with Crippen LogP contribution in [0.1, 0.15) is 19.8 Å². The van der Waals surface area contributed by atoms with Crippen molar-refractivity contribution >= 4 is 0 Å². The third kappa shape index (κ3) is 2.42. The topological polar surface area (TPSA) is 24.5 Å². The van der Waals surface area contributed by atoms with Gasteiger partial charge in [0.05, 0.1) is 12.2 Å². The normalized spacial score (nSPS) is 35.8. The molecule has 2 aliphatic heterocycles. The van der Waals surface area contributed by atoms with E-state index in [2.05, 4.69) is 17.1 Å². The van der Waals surface area contributed by atoms with Crippen LogP contribution >= 0.6 is 0 Å². The molecule has 0 radical (unpaired) electrons. The van der Waals surface area contributed by atoms with Crippen LogP contribution in [-0.4, -0.2) is 49.8 Å². The van der Waals surface area contributed by atoms with E-state index in [1.54, 1.807) is 0 Å². The molecule has 0 bridgehead atoms. The number of likely N-dealkylation sites (N-methyl/N-ethyl adjacent to an activating group) is 1. The molecule has 2 atom stereocenters. The van der Waals surface area contributed by atoms with Gasteiger partial charge in [0.15, 0.2) is 0 Å². The lowest BCUT2D eigenvalue weighted by atomic mass is 10.3. The van der Waals surface area contributed by atoms with Crippen molar-refractivity contribution in [1.29, 1.82) is 0 Å². The second-order valence-electron chi connectivity index (χ2n) is 4.05. The Morgan fingerprint density at radius 2 is 2.31 bits per heavy atom. The number of hydrogen-bond acceptors (Lipinski definition) is 3. The lowest BCUT2D eigenvalue weighted by Crippen LogP contribution is -2.27. The minimum atomic E-state index is 0.488. The van der Waals surface area contributed by atoms with Crippen molar-refractivity contribution in [3.63, 3.8) is 0 Å². The van der Waals surface area contributed by atoms with Gasteiger partial charge in [0.2, 0.25) is 0 Å². The number of rotatable bonds is 3. The molecule has 3 nitrogen and oxygen atoms in total. The lowest BCUT2D eigenvalue weighted by Gasteiger charge is -2.17. The van der Waals surface area contributed by atoms with Gasteiger partial charge in [0.25, 0.3) is 0 Å². The fourth-order valence-corrected chi connectivity index (χ4v) is 2.21. The van der Waals surface area contributed by atoms with E-state index in [4.69, 9.17) is 4.74 Å². The average molecular weight is 184 g/mol. The third-order valence-corrected chi connectivity index (χ3v) is 3.08. The predicted octanol–water partition coefficient (Wildman–Crippen LogP) is 0.459. The maximum atomic E-state index is 6.00. The summed E-state index contributed by atoms with van der Waals surface area (Å²) in [4.78, 5) is 2.47. The van der Waals surface area contributed by atoms with Gasteiger partial charge in [-0.1, -0.05) is 6.92 Å². The van der Waals surface area contributed by atoms with E-state index in [1.165, 1.54) is 25.9 Å². The number of nitrogens with one attached hydrogen (secondary N) is 1. The molecule has 2 aliphatic rings. The van der Waals surface area contributed by atoms with E-state index in [9.17, 15) is 0 Å². The van der Waals surface area contributed by atoms with E-state index in [1.807, 2.05) is 0 Å². The van der Waals surface area contributed by atoms with Crippen molar-refractivity contribution in [1.82, 2.24) is 10.2 Å². The number of nitrogens with zero attached hydrogens (tertiary/aromatic N) is 1. The SMILES string of the molecule is CCN1CCC(OC2CCNC2)C1. The minimum absolute atomic E-state index is 0.488. The van der Waals surface area contributed by atoms with Crippen LogP contribution in [0.3, 0.4) is 0 Å². The Morgan fingerprint density at radius 3 is 2.92 bits per heavy atom. The van der Waals surface area contributed by atoms with E-state index in [-0.39, 0.29) is 0 Å². The summed E-state index contributed by atoms with van der Waals surface area (Å²) in [5.74, 6) is 0. The zero-order valence-electron chi connectivity index (χ0n) is 8.46. The summed E-state index contributed by atoms with van der Waals surface area (Å²) in [5.41, 5.74) is 0. The lowest BCUT2D eigenvalue weighted by molar-refractivity contribution is 0.00527. The number of hydrogen-bond donors (Lipinski definition) is 1. The third-order valence-electron chi connectivity index (χ3n) is 3.08. The van der Waals surface area contributed by atoms with Crippen molar-refractivity contribution < 1.29 is 4.74 Å². The maximum absolute atomic E-state index is 6.00. The van der Waals surface area contributed by atoms with Crippen LogP contribution < -0.4 is 5.32 Å². The molecule has 13 heavy (non-hydrogen) atoms. The van der Waals surface area contributed by atoms with Crippen LogP contribution in [0.15, 0.2) is 0 Å². The highest BCUT2D eigenvalue weighted by atomic mass is 16.5. The molecule has 2 heterocycles. The first-order chi connectivity index (χ1) is 6.38. The molecule has 0 aromatic rings. The van der Waals surface area contributed by atoms with E-state index < -0.39 is 0 Å². The van der Waals surface area contributed by atoms with Crippen LogP contribution in [0.25, 0.3) is 0 Å². The molecule has 3 heteroatoms. The Bertz CT molecular complexity index is 157. The molecular formula is C10H20N2O. The Morgan fingerprint density at radius 1 is 1.38 bits per heavy atom. The summed E-state index contributed by atoms with van der Waals surface area (Å²) in [7, 11) is 0. The van der Waals surface area contributed by atoms with Crippen molar-refractivity contribution in [3.05, 3.63) is 0 Å². The second kappa shape index (κ2) is 4.40. The Hall–Kier alpha value is -0.120. The molecule has 0 saturated carbocycles. The van der Waals surface area contributed by atoms with Gasteiger partial charge in [0, 0.05) is 19.6 Å². The van der Waals surface area contributed by atoms with Crippen molar-refractivity contribution in [2.24, 2.45) is 0 Å². The fraction of sp³-hybridized carbons (Fsp3) is 1.00. The first kappa shape index (κ1) is 9.44. The smallest absolute Gasteiger partial charge is 0.0718 e. The molecule has 0 aliphatic carbocycles. The highest BCUT2D eigenvalue weighted by molar-refractivity contribution is 4.79. The monoisotopic (exact) mass is 184 g/mol. The molecule has 2 rings (SSSR count). The van der Waals surface area contributed by atoms with Crippen LogP contribution in [0, 0.1) is 0 Å².